The molecule has 0 fully saturated rings. The second kappa shape index (κ2) is 2.23. The predicted molar refractivity (Wildman–Crippen MR) is 21.4 cm³/mol. The Morgan fingerprint density at radius 3 is 2.20 bits per heavy atom. The van der Waals surface area contributed by atoms with Gasteiger partial charge in [0.25, 0.3) is 5.37 Å². The Morgan fingerprint density at radius 1 is 2.00 bits per heavy atom. The molecule has 0 aliphatic rings. The van der Waals surface area contributed by atoms with Crippen LogP contribution in [-0.4, -0.2) is 5.37 Å². The fraction of sp³-hybridized carbons (Fsp3) is 0.500. The standard InChI is InChI=1S/C2H5NOS/c1-2(3)5-4/h2H,1,3H2/q+1. The first kappa shape index (κ1) is 4.98. The summed E-state index contributed by atoms with van der Waals surface area (Å²) in [7, 11) is 0. The zero-order valence-electron chi connectivity index (χ0n) is 2.68. The van der Waals surface area contributed by atoms with Crippen molar-refractivity contribution in [2.75, 3.05) is 0 Å². The Morgan fingerprint density at radius 2 is 2.20 bits per heavy atom. The first-order chi connectivity index (χ1) is 2.27. The van der Waals surface area contributed by atoms with Gasteiger partial charge in [-0.25, -0.2) is 0 Å². The molecule has 0 aromatic heterocycles. The quantitative estimate of drug-likeness (QED) is 0.350. The maximum Gasteiger partial charge on any atom is 0.478 e. The molecule has 0 saturated heterocycles. The highest BCUT2D eigenvalue weighted by atomic mass is 32.1. The van der Waals surface area contributed by atoms with Gasteiger partial charge in [0.15, 0.2) is 0 Å². The average molecular weight is 91.1 g/mol. The molecular formula is C2H5NOS+. The summed E-state index contributed by atoms with van der Waals surface area (Å²) in [6.45, 7) is 3.19. The molecular weight excluding hydrogens is 86.1 g/mol. The molecule has 0 aromatic rings. The molecule has 5 heavy (non-hydrogen) atoms. The smallest absolute Gasteiger partial charge is 0.274 e. The lowest BCUT2D eigenvalue weighted by molar-refractivity contribution is 0.602. The highest BCUT2D eigenvalue weighted by Crippen LogP contribution is 1.60. The Kier molecular flexibility index (Phi) is 2.22. The Balaban J connectivity index is 2.83. The molecule has 1 unspecified atom stereocenters. The molecule has 3 heteroatoms. The normalized spacial score (nSPS) is 14.0. The van der Waals surface area contributed by atoms with E-state index in [2.05, 4.69) is 6.92 Å². The van der Waals surface area contributed by atoms with E-state index < -0.39 is 5.37 Å². The number of rotatable bonds is 1. The zero-order valence-corrected chi connectivity index (χ0v) is 3.49. The molecule has 0 saturated carbocycles. The summed E-state index contributed by atoms with van der Waals surface area (Å²) in [6, 6.07) is 0. The van der Waals surface area contributed by atoms with E-state index in [9.17, 15) is 4.21 Å². The molecule has 0 aromatic carbocycles. The van der Waals surface area contributed by atoms with Crippen LogP contribution >= 0.6 is 0 Å². The highest BCUT2D eigenvalue weighted by Gasteiger charge is 2.01. The van der Waals surface area contributed by atoms with Crippen molar-refractivity contribution < 1.29 is 4.21 Å². The van der Waals surface area contributed by atoms with Crippen LogP contribution in [0.2, 0.25) is 0 Å². The summed E-state index contributed by atoms with van der Waals surface area (Å²) >= 11 is 0.296. The minimum absolute atomic E-state index is 0.296. The summed E-state index contributed by atoms with van der Waals surface area (Å²) in [4.78, 5) is 0. The van der Waals surface area contributed by atoms with E-state index in [-0.39, 0.29) is 0 Å². The Labute approximate surface area is 34.9 Å². The highest BCUT2D eigenvalue weighted by molar-refractivity contribution is 7.66. The van der Waals surface area contributed by atoms with E-state index in [0.29, 0.717) is 11.7 Å². The van der Waals surface area contributed by atoms with Crippen LogP contribution in [0.15, 0.2) is 0 Å². The number of hydrogen-bond acceptors (Lipinski definition) is 2. The third kappa shape index (κ3) is 3.98. The van der Waals surface area contributed by atoms with Gasteiger partial charge in [-0.2, -0.15) is 0 Å². The molecule has 0 aliphatic carbocycles. The predicted octanol–water partition coefficient (Wildman–Crippen LogP) is -0.467. The summed E-state index contributed by atoms with van der Waals surface area (Å²) in [5.74, 6) is 0. The van der Waals surface area contributed by atoms with E-state index in [1.165, 1.54) is 0 Å². The van der Waals surface area contributed by atoms with Gasteiger partial charge in [-0.3, -0.25) is 5.73 Å². The minimum Gasteiger partial charge on any atom is -0.274 e. The van der Waals surface area contributed by atoms with Crippen LogP contribution in [0.4, 0.5) is 0 Å². The molecule has 0 bridgehead atoms. The first-order valence-corrected chi connectivity index (χ1v) is 1.95. The van der Waals surface area contributed by atoms with Crippen molar-refractivity contribution >= 4 is 11.7 Å². The van der Waals surface area contributed by atoms with Crippen molar-refractivity contribution in [3.63, 3.8) is 0 Å². The molecule has 0 spiro atoms. The maximum absolute atomic E-state index is 9.36. The van der Waals surface area contributed by atoms with Crippen LogP contribution in [0.5, 0.6) is 0 Å². The maximum atomic E-state index is 9.36. The molecule has 29 valence electrons. The first-order valence-electron chi connectivity index (χ1n) is 1.14. The molecule has 1 radical (unpaired) electrons. The number of hydrogen-bond donors (Lipinski definition) is 1. The molecule has 0 aliphatic heterocycles. The third-order valence-electron chi connectivity index (χ3n) is 0.124. The SMILES string of the molecule is [CH2]C(N)[S+]=O. The molecule has 0 rings (SSSR count). The fourth-order valence-electron chi connectivity index (χ4n) is 0. The van der Waals surface area contributed by atoms with Gasteiger partial charge in [0.1, 0.15) is 0 Å². The van der Waals surface area contributed by atoms with Crippen molar-refractivity contribution in [2.45, 2.75) is 5.37 Å². The van der Waals surface area contributed by atoms with E-state index in [0.717, 1.165) is 0 Å². The van der Waals surface area contributed by atoms with Crippen molar-refractivity contribution in [3.8, 4) is 0 Å². The second-order valence-electron chi connectivity index (χ2n) is 0.635. The Bertz CT molecular complexity index is 36.6. The lowest BCUT2D eigenvalue weighted by atomic mass is 10.8. The number of nitrogens with two attached hydrogens (primary N) is 1. The van der Waals surface area contributed by atoms with Crippen LogP contribution < -0.4 is 5.73 Å². The van der Waals surface area contributed by atoms with E-state index >= 15 is 0 Å². The molecule has 0 amide bonds. The third-order valence-corrected chi connectivity index (χ3v) is 0.371. The lowest BCUT2D eigenvalue weighted by Crippen LogP contribution is -2.11. The van der Waals surface area contributed by atoms with Crippen LogP contribution in [0.25, 0.3) is 0 Å². The van der Waals surface area contributed by atoms with Crippen LogP contribution in [0.1, 0.15) is 0 Å². The van der Waals surface area contributed by atoms with Gasteiger partial charge in [-0.05, 0) is 0 Å². The summed E-state index contributed by atoms with van der Waals surface area (Å²) in [6.07, 6.45) is 0. The van der Waals surface area contributed by atoms with E-state index in [4.69, 9.17) is 5.73 Å². The largest absolute Gasteiger partial charge is 0.478 e. The van der Waals surface area contributed by atoms with Crippen molar-refractivity contribution in [1.82, 2.24) is 0 Å². The van der Waals surface area contributed by atoms with Gasteiger partial charge in [0.2, 0.25) is 0 Å². The zero-order chi connectivity index (χ0) is 4.28. The van der Waals surface area contributed by atoms with Gasteiger partial charge in [0.05, 0.1) is 0 Å². The molecule has 2 N–H and O–H groups in total. The van der Waals surface area contributed by atoms with Gasteiger partial charge in [-0.15, -0.1) is 0 Å². The van der Waals surface area contributed by atoms with Crippen molar-refractivity contribution in [1.29, 1.82) is 0 Å². The van der Waals surface area contributed by atoms with Crippen molar-refractivity contribution in [2.24, 2.45) is 5.73 Å². The summed E-state index contributed by atoms with van der Waals surface area (Å²) < 4.78 is 9.36. The minimum atomic E-state index is -0.505. The van der Waals surface area contributed by atoms with Gasteiger partial charge in [-0.1, -0.05) is 0 Å². The average Bonchev–Trinajstić information content (AvgIpc) is 1.38. The van der Waals surface area contributed by atoms with E-state index in [1.807, 2.05) is 0 Å². The van der Waals surface area contributed by atoms with Crippen LogP contribution in [0.3, 0.4) is 0 Å². The molecule has 2 nitrogen and oxygen atoms in total. The van der Waals surface area contributed by atoms with E-state index in [1.54, 1.807) is 0 Å². The molecule has 0 heterocycles. The second-order valence-corrected chi connectivity index (χ2v) is 1.43. The summed E-state index contributed by atoms with van der Waals surface area (Å²) in [5, 5.41) is -0.505. The monoisotopic (exact) mass is 91.0 g/mol. The van der Waals surface area contributed by atoms with Crippen molar-refractivity contribution in [3.05, 3.63) is 6.92 Å². The molecule has 1 atom stereocenters. The Hall–Kier alpha value is -0.0200. The lowest BCUT2D eigenvalue weighted by Gasteiger charge is -1.62. The van der Waals surface area contributed by atoms with Crippen LogP contribution in [0, 0.1) is 6.92 Å². The summed E-state index contributed by atoms with van der Waals surface area (Å²) in [5.41, 5.74) is 4.83. The van der Waals surface area contributed by atoms with Crippen LogP contribution in [-0.2, 0) is 15.9 Å². The fourth-order valence-corrected chi connectivity index (χ4v) is 0. The van der Waals surface area contributed by atoms with Gasteiger partial charge < -0.3 is 0 Å². The van der Waals surface area contributed by atoms with Gasteiger partial charge in [0, 0.05) is 11.1 Å². The van der Waals surface area contributed by atoms with Gasteiger partial charge >= 0.3 is 11.7 Å². The topological polar surface area (TPSA) is 43.1 Å².